The summed E-state index contributed by atoms with van der Waals surface area (Å²) in [4.78, 5) is 11.9. The summed E-state index contributed by atoms with van der Waals surface area (Å²) in [5, 5.41) is 9.78. The average Bonchev–Trinajstić information content (AvgIpc) is 2.84. The van der Waals surface area contributed by atoms with Crippen molar-refractivity contribution in [3.05, 3.63) is 36.2 Å². The lowest BCUT2D eigenvalue weighted by Crippen LogP contribution is -2.31. The van der Waals surface area contributed by atoms with Crippen LogP contribution in [0.2, 0.25) is 0 Å². The van der Waals surface area contributed by atoms with E-state index in [9.17, 15) is 18.0 Å². The summed E-state index contributed by atoms with van der Waals surface area (Å²) in [5.41, 5.74) is -0.781. The first kappa shape index (κ1) is 15.8. The number of nitrogens with one attached hydrogen (secondary N) is 1. The van der Waals surface area contributed by atoms with Gasteiger partial charge < -0.3 is 9.30 Å². The molecule has 2 rings (SSSR count). The summed E-state index contributed by atoms with van der Waals surface area (Å²) in [7, 11) is 1.65. The standard InChI is InChI=1S/C13H13F3N4O2/c1-8(11(21)18-12-19-17-7-20(12)2)22-10-5-3-9(4-6-10)13(14,15)16/h3-8H,1-2H3,(H,18,19,21). The van der Waals surface area contributed by atoms with Gasteiger partial charge in [0.15, 0.2) is 6.10 Å². The van der Waals surface area contributed by atoms with Crippen LogP contribution in [-0.2, 0) is 18.0 Å². The van der Waals surface area contributed by atoms with E-state index in [-0.39, 0.29) is 11.7 Å². The number of benzene rings is 1. The van der Waals surface area contributed by atoms with Crippen molar-refractivity contribution in [2.75, 3.05) is 5.32 Å². The number of rotatable bonds is 4. The SMILES string of the molecule is CC(Oc1ccc(C(F)(F)F)cc1)C(=O)Nc1nncn1C. The number of ether oxygens (including phenoxy) is 1. The van der Waals surface area contributed by atoms with Gasteiger partial charge in [0.25, 0.3) is 5.91 Å². The number of carbonyl (C=O) groups is 1. The fourth-order valence-corrected chi connectivity index (χ4v) is 1.59. The maximum absolute atomic E-state index is 12.4. The minimum Gasteiger partial charge on any atom is -0.481 e. The van der Waals surface area contributed by atoms with E-state index in [1.165, 1.54) is 17.8 Å². The van der Waals surface area contributed by atoms with Gasteiger partial charge in [0.1, 0.15) is 12.1 Å². The monoisotopic (exact) mass is 314 g/mol. The van der Waals surface area contributed by atoms with Gasteiger partial charge in [-0.2, -0.15) is 13.2 Å². The molecule has 1 atom stereocenters. The number of hydrogen-bond donors (Lipinski definition) is 1. The van der Waals surface area contributed by atoms with E-state index in [1.54, 1.807) is 7.05 Å². The molecule has 1 N–H and O–H groups in total. The highest BCUT2D eigenvalue weighted by Crippen LogP contribution is 2.30. The summed E-state index contributed by atoms with van der Waals surface area (Å²) in [6.45, 7) is 1.48. The van der Waals surface area contributed by atoms with Crippen molar-refractivity contribution < 1.29 is 22.7 Å². The number of nitrogens with zero attached hydrogens (tertiary/aromatic N) is 3. The van der Waals surface area contributed by atoms with Crippen molar-refractivity contribution in [1.82, 2.24) is 14.8 Å². The zero-order chi connectivity index (χ0) is 16.3. The highest BCUT2D eigenvalue weighted by atomic mass is 19.4. The van der Waals surface area contributed by atoms with Crippen molar-refractivity contribution in [2.24, 2.45) is 7.05 Å². The van der Waals surface area contributed by atoms with Crippen LogP contribution in [0, 0.1) is 0 Å². The van der Waals surface area contributed by atoms with Gasteiger partial charge in [0.05, 0.1) is 5.56 Å². The van der Waals surface area contributed by atoms with E-state index in [2.05, 4.69) is 15.5 Å². The van der Waals surface area contributed by atoms with Gasteiger partial charge in [0.2, 0.25) is 5.95 Å². The van der Waals surface area contributed by atoms with Crippen LogP contribution in [0.4, 0.5) is 19.1 Å². The predicted molar refractivity (Wildman–Crippen MR) is 71.2 cm³/mol. The largest absolute Gasteiger partial charge is 0.481 e. The minimum atomic E-state index is -4.41. The maximum atomic E-state index is 12.4. The highest BCUT2D eigenvalue weighted by molar-refractivity contribution is 5.92. The Morgan fingerprint density at radius 2 is 1.95 bits per heavy atom. The third kappa shape index (κ3) is 3.74. The molecule has 1 aromatic carbocycles. The molecule has 22 heavy (non-hydrogen) atoms. The molecular weight excluding hydrogens is 301 g/mol. The number of amides is 1. The van der Waals surface area contributed by atoms with E-state index in [1.807, 2.05) is 0 Å². The molecule has 1 unspecified atom stereocenters. The molecule has 1 heterocycles. The van der Waals surface area contributed by atoms with Crippen molar-refractivity contribution >= 4 is 11.9 Å². The van der Waals surface area contributed by atoms with Crippen LogP contribution in [0.25, 0.3) is 0 Å². The molecule has 0 radical (unpaired) electrons. The lowest BCUT2D eigenvalue weighted by molar-refractivity contribution is -0.137. The fourth-order valence-electron chi connectivity index (χ4n) is 1.59. The first-order chi connectivity index (χ1) is 10.3. The number of aromatic nitrogens is 3. The van der Waals surface area contributed by atoms with E-state index in [0.29, 0.717) is 0 Å². The van der Waals surface area contributed by atoms with Crippen molar-refractivity contribution in [3.8, 4) is 5.75 Å². The number of alkyl halides is 3. The first-order valence-electron chi connectivity index (χ1n) is 6.26. The zero-order valence-electron chi connectivity index (χ0n) is 11.8. The number of anilines is 1. The molecule has 118 valence electrons. The van der Waals surface area contributed by atoms with Gasteiger partial charge in [-0.25, -0.2) is 0 Å². The molecule has 0 aliphatic carbocycles. The molecule has 6 nitrogen and oxygen atoms in total. The predicted octanol–water partition coefficient (Wildman–Crippen LogP) is 2.24. The number of carbonyl (C=O) groups excluding carboxylic acids is 1. The Bertz CT molecular complexity index is 652. The van der Waals surface area contributed by atoms with Crippen LogP contribution >= 0.6 is 0 Å². The third-order valence-corrected chi connectivity index (χ3v) is 2.81. The first-order valence-corrected chi connectivity index (χ1v) is 6.26. The van der Waals surface area contributed by atoms with Gasteiger partial charge in [-0.3, -0.25) is 10.1 Å². The summed E-state index contributed by atoms with van der Waals surface area (Å²) in [6.07, 6.45) is -3.91. The molecule has 0 saturated heterocycles. The zero-order valence-corrected chi connectivity index (χ0v) is 11.8. The molecule has 9 heteroatoms. The Morgan fingerprint density at radius 1 is 1.32 bits per heavy atom. The quantitative estimate of drug-likeness (QED) is 0.939. The van der Waals surface area contributed by atoms with Gasteiger partial charge in [-0.1, -0.05) is 0 Å². The van der Waals surface area contributed by atoms with Crippen molar-refractivity contribution in [2.45, 2.75) is 19.2 Å². The normalized spacial score (nSPS) is 12.8. The third-order valence-electron chi connectivity index (χ3n) is 2.81. The molecule has 1 aromatic heterocycles. The summed E-state index contributed by atoms with van der Waals surface area (Å²) >= 11 is 0. The van der Waals surface area contributed by atoms with Crippen molar-refractivity contribution in [3.63, 3.8) is 0 Å². The van der Waals surface area contributed by atoms with Crippen LogP contribution in [-0.4, -0.2) is 26.8 Å². The molecular formula is C13H13F3N4O2. The van der Waals surface area contributed by atoms with Crippen LogP contribution < -0.4 is 10.1 Å². The second kappa shape index (κ2) is 6.04. The van der Waals surface area contributed by atoms with Crippen LogP contribution in [0.3, 0.4) is 0 Å². The van der Waals surface area contributed by atoms with Crippen LogP contribution in [0.5, 0.6) is 5.75 Å². The molecule has 0 spiro atoms. The number of hydrogen-bond acceptors (Lipinski definition) is 4. The van der Waals surface area contributed by atoms with Gasteiger partial charge in [-0.05, 0) is 31.2 Å². The smallest absolute Gasteiger partial charge is 0.416 e. The molecule has 0 aliphatic heterocycles. The molecule has 2 aromatic rings. The van der Waals surface area contributed by atoms with Crippen LogP contribution in [0.1, 0.15) is 12.5 Å². The van der Waals surface area contributed by atoms with Gasteiger partial charge in [0, 0.05) is 7.05 Å². The van der Waals surface area contributed by atoms with E-state index < -0.39 is 23.8 Å². The summed E-state index contributed by atoms with van der Waals surface area (Å²) in [6, 6.07) is 4.11. The molecule has 1 amide bonds. The highest BCUT2D eigenvalue weighted by Gasteiger charge is 2.30. The minimum absolute atomic E-state index is 0.161. The Hall–Kier alpha value is -2.58. The Balaban J connectivity index is 1.98. The lowest BCUT2D eigenvalue weighted by atomic mass is 10.2. The topological polar surface area (TPSA) is 69.0 Å². The van der Waals surface area contributed by atoms with Gasteiger partial charge in [-0.15, -0.1) is 10.2 Å². The Morgan fingerprint density at radius 3 is 2.45 bits per heavy atom. The van der Waals surface area contributed by atoms with Gasteiger partial charge >= 0.3 is 6.18 Å². The lowest BCUT2D eigenvalue weighted by Gasteiger charge is -2.15. The number of aryl methyl sites for hydroxylation is 1. The molecule has 0 fully saturated rings. The van der Waals surface area contributed by atoms with Crippen molar-refractivity contribution in [1.29, 1.82) is 0 Å². The van der Waals surface area contributed by atoms with E-state index in [4.69, 9.17) is 4.74 Å². The second-order valence-corrected chi connectivity index (χ2v) is 4.54. The molecule has 0 saturated carbocycles. The van der Waals surface area contributed by atoms with E-state index in [0.717, 1.165) is 24.3 Å². The average molecular weight is 314 g/mol. The summed E-state index contributed by atoms with van der Waals surface area (Å²) in [5.74, 6) is -0.0857. The van der Waals surface area contributed by atoms with E-state index >= 15 is 0 Å². The number of halogens is 3. The molecule has 0 bridgehead atoms. The Labute approximate surface area is 123 Å². The Kier molecular flexibility index (Phi) is 4.34. The maximum Gasteiger partial charge on any atom is 0.416 e. The molecule has 0 aliphatic rings. The van der Waals surface area contributed by atoms with Crippen LogP contribution in [0.15, 0.2) is 30.6 Å². The second-order valence-electron chi connectivity index (χ2n) is 4.54. The fraction of sp³-hybridized carbons (Fsp3) is 0.308. The summed E-state index contributed by atoms with van der Waals surface area (Å²) < 4.78 is 44.1.